The predicted molar refractivity (Wildman–Crippen MR) is 120 cm³/mol. The first-order valence-corrected chi connectivity index (χ1v) is 11.3. The summed E-state index contributed by atoms with van der Waals surface area (Å²) in [7, 11) is 0. The highest BCUT2D eigenvalue weighted by atomic mass is 79.9. The van der Waals surface area contributed by atoms with Crippen LogP contribution in [0.15, 0.2) is 73.7 Å². The lowest BCUT2D eigenvalue weighted by Gasteiger charge is -1.99. The lowest BCUT2D eigenvalue weighted by atomic mass is 10.2. The van der Waals surface area contributed by atoms with E-state index in [1.165, 1.54) is 11.3 Å². The Labute approximate surface area is 184 Å². The minimum absolute atomic E-state index is 0.255. The summed E-state index contributed by atoms with van der Waals surface area (Å²) >= 11 is 4.66. The van der Waals surface area contributed by atoms with E-state index in [-0.39, 0.29) is 11.5 Å². The Balaban J connectivity index is 1.58. The lowest BCUT2D eigenvalue weighted by molar-refractivity contribution is 0.101. The third-order valence-electron chi connectivity index (χ3n) is 4.91. The van der Waals surface area contributed by atoms with Crippen LogP contribution >= 0.6 is 27.3 Å². The number of rotatable bonds is 4. The van der Waals surface area contributed by atoms with Crippen molar-refractivity contribution in [2.75, 3.05) is 0 Å². The van der Waals surface area contributed by atoms with Crippen molar-refractivity contribution in [2.45, 2.75) is 25.7 Å². The Bertz CT molecular complexity index is 1330. The van der Waals surface area contributed by atoms with E-state index in [1.807, 2.05) is 48.5 Å². The smallest absolute Gasteiger partial charge is 0.258 e. The standard InChI is InChI=1S/C22H17BrN4O2S/c23-15-10-11-18-14(12-15)13-19(29-18)20(28)21-26-27(17-8-2-1-3-9-17)22(30-21)25-24-16-6-4-5-7-16/h1-3,8-13H,4-7H2/b25-22+. The number of carbonyl (C=O) groups is 1. The Hall–Kier alpha value is -2.84. The maximum absolute atomic E-state index is 13.1. The van der Waals surface area contributed by atoms with E-state index in [4.69, 9.17) is 4.42 Å². The zero-order valence-corrected chi connectivity index (χ0v) is 18.3. The lowest BCUT2D eigenvalue weighted by Crippen LogP contribution is -2.14. The van der Waals surface area contributed by atoms with E-state index in [9.17, 15) is 4.79 Å². The zero-order valence-electron chi connectivity index (χ0n) is 15.9. The van der Waals surface area contributed by atoms with Crippen molar-refractivity contribution in [3.05, 3.63) is 74.6 Å². The molecule has 1 saturated carbocycles. The van der Waals surface area contributed by atoms with Crippen molar-refractivity contribution < 1.29 is 9.21 Å². The molecule has 0 amide bonds. The average Bonchev–Trinajstić information content (AvgIpc) is 3.51. The fourth-order valence-corrected chi connectivity index (χ4v) is 4.59. The largest absolute Gasteiger partial charge is 0.452 e. The molecule has 1 aliphatic rings. The molecule has 0 unspecified atom stereocenters. The number of para-hydroxylation sites is 1. The summed E-state index contributed by atoms with van der Waals surface area (Å²) in [6.07, 6.45) is 4.27. The number of hydrogen-bond acceptors (Lipinski definition) is 6. The summed E-state index contributed by atoms with van der Waals surface area (Å²) in [5.74, 6) is -0.0160. The fraction of sp³-hybridized carbons (Fsp3) is 0.182. The number of fused-ring (bicyclic) bond motifs is 1. The van der Waals surface area contributed by atoms with Gasteiger partial charge in [0.25, 0.3) is 5.78 Å². The van der Waals surface area contributed by atoms with Gasteiger partial charge in [-0.15, -0.1) is 5.10 Å². The second-order valence-electron chi connectivity index (χ2n) is 7.03. The molecule has 0 saturated heterocycles. The van der Waals surface area contributed by atoms with Crippen LogP contribution in [0.3, 0.4) is 0 Å². The molecule has 150 valence electrons. The van der Waals surface area contributed by atoms with Crippen molar-refractivity contribution in [3.63, 3.8) is 0 Å². The minimum Gasteiger partial charge on any atom is -0.452 e. The van der Waals surface area contributed by atoms with Crippen LogP contribution in [0.25, 0.3) is 16.7 Å². The van der Waals surface area contributed by atoms with Crippen molar-refractivity contribution in [3.8, 4) is 5.69 Å². The molecule has 0 N–H and O–H groups in total. The van der Waals surface area contributed by atoms with E-state index < -0.39 is 0 Å². The molecule has 5 rings (SSSR count). The van der Waals surface area contributed by atoms with E-state index in [1.54, 1.807) is 10.7 Å². The van der Waals surface area contributed by atoms with Gasteiger partial charge in [-0.1, -0.05) is 45.5 Å². The SMILES string of the molecule is O=C(c1cc2cc(Br)ccc2o1)c1nn(-c2ccccc2)/c(=N\N=C2CCCC2)s1. The molecular formula is C22H17BrN4O2S. The first-order chi connectivity index (χ1) is 14.7. The van der Waals surface area contributed by atoms with Gasteiger partial charge in [0.2, 0.25) is 4.80 Å². The van der Waals surface area contributed by atoms with Gasteiger partial charge in [0.05, 0.1) is 5.69 Å². The van der Waals surface area contributed by atoms with Gasteiger partial charge < -0.3 is 4.42 Å². The van der Waals surface area contributed by atoms with Crippen LogP contribution in [-0.4, -0.2) is 21.3 Å². The number of carbonyl (C=O) groups excluding carboxylic acids is 1. The van der Waals surface area contributed by atoms with Crippen LogP contribution < -0.4 is 4.80 Å². The van der Waals surface area contributed by atoms with Gasteiger partial charge in [0.1, 0.15) is 5.58 Å². The van der Waals surface area contributed by atoms with Crippen LogP contribution in [0.4, 0.5) is 0 Å². The zero-order chi connectivity index (χ0) is 20.5. The number of ketones is 1. The molecule has 30 heavy (non-hydrogen) atoms. The number of furan rings is 1. The summed E-state index contributed by atoms with van der Waals surface area (Å²) in [5, 5.41) is 14.6. The first kappa shape index (κ1) is 19.1. The number of benzene rings is 2. The first-order valence-electron chi connectivity index (χ1n) is 9.66. The van der Waals surface area contributed by atoms with Gasteiger partial charge in [0, 0.05) is 15.6 Å². The second-order valence-corrected chi connectivity index (χ2v) is 8.90. The van der Waals surface area contributed by atoms with Crippen LogP contribution in [0.5, 0.6) is 0 Å². The summed E-state index contributed by atoms with van der Waals surface area (Å²) in [6.45, 7) is 0. The molecule has 0 atom stereocenters. The van der Waals surface area contributed by atoms with E-state index in [0.717, 1.165) is 46.9 Å². The quantitative estimate of drug-likeness (QED) is 0.285. The summed E-state index contributed by atoms with van der Waals surface area (Å²) in [6, 6.07) is 17.0. The van der Waals surface area contributed by atoms with E-state index >= 15 is 0 Å². The van der Waals surface area contributed by atoms with Crippen LogP contribution in [0.2, 0.25) is 0 Å². The third kappa shape index (κ3) is 3.80. The molecule has 0 radical (unpaired) electrons. The molecule has 1 aliphatic carbocycles. The Morgan fingerprint density at radius 3 is 2.67 bits per heavy atom. The normalized spacial score (nSPS) is 14.6. The van der Waals surface area contributed by atoms with Crippen molar-refractivity contribution >= 4 is 49.7 Å². The maximum Gasteiger partial charge on any atom is 0.258 e. The number of aromatic nitrogens is 2. The average molecular weight is 481 g/mol. The molecule has 0 spiro atoms. The van der Waals surface area contributed by atoms with Gasteiger partial charge in [-0.25, -0.2) is 4.68 Å². The van der Waals surface area contributed by atoms with Crippen LogP contribution in [-0.2, 0) is 0 Å². The molecule has 4 aromatic rings. The number of halogens is 1. The molecule has 1 fully saturated rings. The Kier molecular flexibility index (Phi) is 5.18. The molecule has 2 heterocycles. The molecule has 0 bridgehead atoms. The summed E-state index contributed by atoms with van der Waals surface area (Å²) in [4.78, 5) is 13.7. The van der Waals surface area contributed by atoms with Crippen LogP contribution in [0.1, 0.15) is 41.2 Å². The second kappa shape index (κ2) is 8.12. The monoisotopic (exact) mass is 480 g/mol. The van der Waals surface area contributed by atoms with E-state index in [2.05, 4.69) is 31.2 Å². The topological polar surface area (TPSA) is 72.8 Å². The fourth-order valence-electron chi connectivity index (χ4n) is 3.40. The number of hydrogen-bond donors (Lipinski definition) is 0. The molecule has 6 nitrogen and oxygen atoms in total. The van der Waals surface area contributed by atoms with Crippen LogP contribution in [0, 0.1) is 0 Å². The van der Waals surface area contributed by atoms with Crippen molar-refractivity contribution in [1.82, 2.24) is 9.78 Å². The predicted octanol–water partition coefficient (Wildman–Crippen LogP) is 5.50. The van der Waals surface area contributed by atoms with Gasteiger partial charge in [-0.05, 0) is 62.1 Å². The highest BCUT2D eigenvalue weighted by molar-refractivity contribution is 9.10. The molecular weight excluding hydrogens is 464 g/mol. The highest BCUT2D eigenvalue weighted by Gasteiger charge is 2.20. The Morgan fingerprint density at radius 1 is 1.07 bits per heavy atom. The Morgan fingerprint density at radius 2 is 1.87 bits per heavy atom. The van der Waals surface area contributed by atoms with E-state index in [0.29, 0.717) is 15.4 Å². The van der Waals surface area contributed by atoms with Gasteiger partial charge in [0.15, 0.2) is 10.8 Å². The third-order valence-corrected chi connectivity index (χ3v) is 6.31. The number of nitrogens with zero attached hydrogens (tertiary/aromatic N) is 4. The molecule has 0 aliphatic heterocycles. The van der Waals surface area contributed by atoms with Crippen molar-refractivity contribution in [1.29, 1.82) is 0 Å². The maximum atomic E-state index is 13.1. The summed E-state index contributed by atoms with van der Waals surface area (Å²) < 4.78 is 8.36. The summed E-state index contributed by atoms with van der Waals surface area (Å²) in [5.41, 5.74) is 2.58. The highest BCUT2D eigenvalue weighted by Crippen LogP contribution is 2.25. The van der Waals surface area contributed by atoms with Gasteiger partial charge >= 0.3 is 0 Å². The molecule has 8 heteroatoms. The molecule has 2 aromatic carbocycles. The van der Waals surface area contributed by atoms with Gasteiger partial charge in [-0.2, -0.15) is 10.2 Å². The minimum atomic E-state index is -0.271. The molecule has 2 aromatic heterocycles. The van der Waals surface area contributed by atoms with Crippen molar-refractivity contribution in [2.24, 2.45) is 10.2 Å². The van der Waals surface area contributed by atoms with Gasteiger partial charge in [-0.3, -0.25) is 4.79 Å².